The first-order valence-corrected chi connectivity index (χ1v) is 16.2. The summed E-state index contributed by atoms with van der Waals surface area (Å²) in [5.74, 6) is 0. The van der Waals surface area contributed by atoms with Gasteiger partial charge in [0.15, 0.2) is 6.17 Å². The second-order valence-corrected chi connectivity index (χ2v) is 11.8. The predicted molar refractivity (Wildman–Crippen MR) is 180 cm³/mol. The van der Waals surface area contributed by atoms with Crippen molar-refractivity contribution in [2.45, 2.75) is 69.7 Å². The molecule has 47 heavy (non-hydrogen) atoms. The molecule has 0 saturated heterocycles. The van der Waals surface area contributed by atoms with Crippen molar-refractivity contribution in [3.05, 3.63) is 179 Å². The molecule has 6 heteroatoms. The smallest absolute Gasteiger partial charge is 0.157 e. The Morgan fingerprint density at radius 3 is 0.723 bits per heavy atom. The third kappa shape index (κ3) is 9.22. The van der Waals surface area contributed by atoms with Gasteiger partial charge in [0.25, 0.3) is 0 Å². The molecule has 242 valence electrons. The fraction of sp³-hybridized carbons (Fsp3) is 0.268. The van der Waals surface area contributed by atoms with Crippen molar-refractivity contribution in [3.8, 4) is 0 Å². The maximum atomic E-state index is 17.1. The molecule has 0 N–H and O–H groups in total. The summed E-state index contributed by atoms with van der Waals surface area (Å²) < 4.78 is 50.0. The topological polar surface area (TPSA) is 46.2 Å². The van der Waals surface area contributed by atoms with Crippen LogP contribution in [0.15, 0.2) is 152 Å². The van der Waals surface area contributed by atoms with Gasteiger partial charge in [-0.15, -0.1) is 0 Å². The van der Waals surface area contributed by atoms with Crippen LogP contribution < -0.4 is 0 Å². The molecule has 1 aliphatic rings. The van der Waals surface area contributed by atoms with Crippen LogP contribution in [-0.4, -0.2) is 36.7 Å². The Labute approximate surface area is 276 Å². The highest BCUT2D eigenvalue weighted by atomic mass is 19.1. The molecule has 0 aliphatic heterocycles. The standard InChI is InChI=1S/C41H41FO5/c42-36-37(43-26-31-16-6-1-7-17-31)39(45-28-33-20-10-3-11-21-33)41(47-30-35-24-14-5-15-25-35)40(46-29-34-22-12-4-13-23-34)38(36)44-27-32-18-8-2-9-19-32/h1-25,36-41H,26-30H2/t36-,37?,38?,39?,40?,41-. The van der Waals surface area contributed by atoms with Crippen molar-refractivity contribution in [2.24, 2.45) is 0 Å². The molecule has 5 aromatic carbocycles. The van der Waals surface area contributed by atoms with Crippen LogP contribution in [0.1, 0.15) is 27.8 Å². The van der Waals surface area contributed by atoms with Crippen LogP contribution in [-0.2, 0) is 56.7 Å². The van der Waals surface area contributed by atoms with E-state index in [1.54, 1.807) is 0 Å². The van der Waals surface area contributed by atoms with E-state index in [9.17, 15) is 0 Å². The molecule has 0 spiro atoms. The SMILES string of the molecule is F[C@H]1C(OCc2ccccc2)C(OCc2ccccc2)[C@H](OCc2ccccc2)C(OCc2ccccc2)C1OCc1ccccc1. The van der Waals surface area contributed by atoms with Crippen molar-refractivity contribution in [3.63, 3.8) is 0 Å². The van der Waals surface area contributed by atoms with Crippen LogP contribution in [0.2, 0.25) is 0 Å². The van der Waals surface area contributed by atoms with Crippen molar-refractivity contribution < 1.29 is 28.1 Å². The van der Waals surface area contributed by atoms with Gasteiger partial charge in [0, 0.05) is 0 Å². The van der Waals surface area contributed by atoms with Gasteiger partial charge in [-0.3, -0.25) is 0 Å². The highest BCUT2D eigenvalue weighted by Gasteiger charge is 2.55. The minimum atomic E-state index is -1.57. The van der Waals surface area contributed by atoms with Gasteiger partial charge < -0.3 is 23.7 Å². The lowest BCUT2D eigenvalue weighted by atomic mass is 9.84. The Morgan fingerprint density at radius 1 is 0.298 bits per heavy atom. The average molecular weight is 633 g/mol. The largest absolute Gasteiger partial charge is 0.368 e. The summed E-state index contributed by atoms with van der Waals surface area (Å²) in [4.78, 5) is 0. The van der Waals surface area contributed by atoms with Crippen LogP contribution in [0.4, 0.5) is 4.39 Å². The quantitative estimate of drug-likeness (QED) is 0.116. The van der Waals surface area contributed by atoms with E-state index in [0.717, 1.165) is 27.8 Å². The van der Waals surface area contributed by atoms with Crippen LogP contribution in [0.3, 0.4) is 0 Å². The summed E-state index contributed by atoms with van der Waals surface area (Å²) in [6.45, 7) is 1.23. The lowest BCUT2D eigenvalue weighted by Gasteiger charge is -2.47. The van der Waals surface area contributed by atoms with Gasteiger partial charge in [0.05, 0.1) is 33.0 Å². The number of rotatable bonds is 15. The van der Waals surface area contributed by atoms with Gasteiger partial charge in [-0.2, -0.15) is 0 Å². The summed E-state index contributed by atoms with van der Waals surface area (Å²) in [5.41, 5.74) is 4.80. The van der Waals surface area contributed by atoms with Gasteiger partial charge in [-0.05, 0) is 27.8 Å². The summed E-state index contributed by atoms with van der Waals surface area (Å²) in [7, 11) is 0. The third-order valence-corrected chi connectivity index (χ3v) is 8.35. The number of hydrogen-bond acceptors (Lipinski definition) is 5. The molecule has 5 nitrogen and oxygen atoms in total. The second kappa shape index (κ2) is 17.1. The molecule has 0 radical (unpaired) electrons. The predicted octanol–water partition coefficient (Wildman–Crippen LogP) is 8.27. The average Bonchev–Trinajstić information content (AvgIpc) is 3.14. The van der Waals surface area contributed by atoms with Gasteiger partial charge in [-0.25, -0.2) is 4.39 Å². The monoisotopic (exact) mass is 632 g/mol. The van der Waals surface area contributed by atoms with Crippen molar-refractivity contribution in [2.75, 3.05) is 0 Å². The van der Waals surface area contributed by atoms with Crippen LogP contribution >= 0.6 is 0 Å². The number of hydrogen-bond donors (Lipinski definition) is 0. The number of ether oxygens (including phenoxy) is 5. The molecule has 1 saturated carbocycles. The minimum absolute atomic E-state index is 0.212. The fourth-order valence-electron chi connectivity index (χ4n) is 5.89. The molecule has 4 unspecified atom stereocenters. The Hall–Kier alpha value is -4.17. The van der Waals surface area contributed by atoms with E-state index in [-0.39, 0.29) is 33.0 Å². The molecule has 0 aromatic heterocycles. The highest BCUT2D eigenvalue weighted by Crippen LogP contribution is 2.36. The van der Waals surface area contributed by atoms with Gasteiger partial charge in [0.2, 0.25) is 0 Å². The maximum Gasteiger partial charge on any atom is 0.157 e. The maximum absolute atomic E-state index is 17.1. The highest BCUT2D eigenvalue weighted by molar-refractivity contribution is 5.18. The van der Waals surface area contributed by atoms with Crippen LogP contribution in [0.25, 0.3) is 0 Å². The van der Waals surface area contributed by atoms with E-state index in [4.69, 9.17) is 23.7 Å². The molecule has 1 fully saturated rings. The third-order valence-electron chi connectivity index (χ3n) is 8.35. The van der Waals surface area contributed by atoms with Crippen molar-refractivity contribution in [1.29, 1.82) is 0 Å². The Morgan fingerprint density at radius 2 is 0.489 bits per heavy atom. The van der Waals surface area contributed by atoms with E-state index in [1.165, 1.54) is 0 Å². The van der Waals surface area contributed by atoms with Crippen LogP contribution in [0.5, 0.6) is 0 Å². The molecule has 5 aromatic rings. The van der Waals surface area contributed by atoms with Gasteiger partial charge in [0.1, 0.15) is 30.5 Å². The molecule has 1 aliphatic carbocycles. The van der Waals surface area contributed by atoms with Crippen molar-refractivity contribution >= 4 is 0 Å². The first-order valence-electron chi connectivity index (χ1n) is 16.2. The van der Waals surface area contributed by atoms with Gasteiger partial charge >= 0.3 is 0 Å². The first-order chi connectivity index (χ1) is 23.2. The number of benzene rings is 5. The number of halogens is 1. The molecule has 0 amide bonds. The molecule has 4 atom stereocenters. The Bertz CT molecular complexity index is 1470. The summed E-state index contributed by atoms with van der Waals surface area (Å²) >= 11 is 0. The molecular formula is C41H41FO5. The lowest BCUT2D eigenvalue weighted by Crippen LogP contribution is -2.65. The zero-order valence-electron chi connectivity index (χ0n) is 26.4. The molecule has 0 bridgehead atoms. The number of alkyl halides is 1. The zero-order valence-corrected chi connectivity index (χ0v) is 26.4. The summed E-state index contributed by atoms with van der Waals surface area (Å²) in [6, 6.07) is 49.2. The van der Waals surface area contributed by atoms with Crippen molar-refractivity contribution in [1.82, 2.24) is 0 Å². The van der Waals surface area contributed by atoms with E-state index in [0.29, 0.717) is 0 Å². The van der Waals surface area contributed by atoms with Gasteiger partial charge in [-0.1, -0.05) is 152 Å². The van der Waals surface area contributed by atoms with E-state index < -0.39 is 36.7 Å². The van der Waals surface area contributed by atoms with E-state index in [2.05, 4.69) is 0 Å². The summed E-state index contributed by atoms with van der Waals surface area (Å²) in [6.07, 6.45) is -5.85. The van der Waals surface area contributed by atoms with E-state index in [1.807, 2.05) is 152 Å². The van der Waals surface area contributed by atoms with Crippen LogP contribution in [0, 0.1) is 0 Å². The fourth-order valence-corrected chi connectivity index (χ4v) is 5.89. The Balaban J connectivity index is 1.35. The minimum Gasteiger partial charge on any atom is -0.368 e. The molecule has 6 rings (SSSR count). The first kappa shape index (κ1) is 32.8. The zero-order chi connectivity index (χ0) is 32.1. The normalized spacial score (nSPS) is 22.6. The van der Waals surface area contributed by atoms with E-state index >= 15 is 4.39 Å². The second-order valence-electron chi connectivity index (χ2n) is 11.8. The lowest BCUT2D eigenvalue weighted by molar-refractivity contribution is -0.271. The summed E-state index contributed by atoms with van der Waals surface area (Å²) in [5, 5.41) is 0. The molecular weight excluding hydrogens is 591 g/mol. The Kier molecular flexibility index (Phi) is 11.9. The molecule has 0 heterocycles.